The van der Waals surface area contributed by atoms with Gasteiger partial charge in [0.1, 0.15) is 5.75 Å². The summed E-state index contributed by atoms with van der Waals surface area (Å²) >= 11 is 12.2. The molecule has 0 bridgehead atoms. The van der Waals surface area contributed by atoms with Crippen LogP contribution in [0.15, 0.2) is 60.8 Å². The maximum atomic E-state index is 12.7. The van der Waals surface area contributed by atoms with Gasteiger partial charge in [0.05, 0.1) is 26.8 Å². The topological polar surface area (TPSA) is 62.2 Å². The third-order valence-electron chi connectivity index (χ3n) is 4.13. The van der Waals surface area contributed by atoms with Gasteiger partial charge in [0.15, 0.2) is 0 Å². The lowest BCUT2D eigenvalue weighted by Gasteiger charge is -2.11. The predicted molar refractivity (Wildman–Crippen MR) is 105 cm³/mol. The Kier molecular flexibility index (Phi) is 4.15. The van der Waals surface area contributed by atoms with Crippen LogP contribution in [-0.2, 0) is 0 Å². The lowest BCUT2D eigenvalue weighted by Crippen LogP contribution is -2.13. The first kappa shape index (κ1) is 16.6. The van der Waals surface area contributed by atoms with Gasteiger partial charge < -0.3 is 10.4 Å². The lowest BCUT2D eigenvalue weighted by atomic mass is 10.1. The second-order valence-corrected chi connectivity index (χ2v) is 6.60. The highest BCUT2D eigenvalue weighted by molar-refractivity contribution is 6.40. The number of aromatic nitrogens is 1. The average Bonchev–Trinajstić information content (AvgIpc) is 2.61. The van der Waals surface area contributed by atoms with Gasteiger partial charge in [-0.1, -0.05) is 41.4 Å². The molecule has 0 radical (unpaired) electrons. The van der Waals surface area contributed by atoms with E-state index in [1.807, 2.05) is 12.1 Å². The van der Waals surface area contributed by atoms with Crippen molar-refractivity contribution in [1.82, 2.24) is 4.98 Å². The van der Waals surface area contributed by atoms with Crippen LogP contribution in [0, 0.1) is 0 Å². The molecular weight excluding hydrogens is 371 g/mol. The number of hydrogen-bond donors (Lipinski definition) is 2. The highest BCUT2D eigenvalue weighted by atomic mass is 35.5. The van der Waals surface area contributed by atoms with E-state index < -0.39 is 5.91 Å². The summed E-state index contributed by atoms with van der Waals surface area (Å²) in [6.07, 6.45) is 1.70. The Hall–Kier alpha value is -2.82. The molecule has 1 heterocycles. The van der Waals surface area contributed by atoms with E-state index in [0.717, 1.165) is 16.2 Å². The molecule has 0 saturated heterocycles. The number of phenolic OH excluding ortho intramolecular Hbond substituents is 1. The number of anilines is 1. The Labute approximate surface area is 159 Å². The van der Waals surface area contributed by atoms with Crippen molar-refractivity contribution in [3.05, 3.63) is 76.4 Å². The Morgan fingerprint density at radius 3 is 2.46 bits per heavy atom. The molecule has 1 aromatic heterocycles. The minimum absolute atomic E-state index is 0.169. The fraction of sp³-hybridized carbons (Fsp3) is 0. The van der Waals surface area contributed by atoms with Crippen LogP contribution in [0.2, 0.25) is 10.0 Å². The number of fused-ring (bicyclic) bond motifs is 3. The average molecular weight is 383 g/mol. The van der Waals surface area contributed by atoms with E-state index in [1.54, 1.807) is 48.7 Å². The van der Waals surface area contributed by atoms with Crippen LogP contribution in [0.3, 0.4) is 0 Å². The van der Waals surface area contributed by atoms with Crippen LogP contribution < -0.4 is 5.32 Å². The summed E-state index contributed by atoms with van der Waals surface area (Å²) in [6.45, 7) is 0. The number of pyridine rings is 1. The molecule has 26 heavy (non-hydrogen) atoms. The minimum atomic E-state index is -0.411. The highest BCUT2D eigenvalue weighted by Crippen LogP contribution is 2.31. The Morgan fingerprint density at radius 2 is 1.69 bits per heavy atom. The zero-order valence-corrected chi connectivity index (χ0v) is 14.8. The number of amides is 1. The number of para-hydroxylation sites is 1. The molecular formula is C20H12Cl2N2O2. The fourth-order valence-electron chi connectivity index (χ4n) is 2.92. The van der Waals surface area contributed by atoms with Crippen molar-refractivity contribution in [2.24, 2.45) is 0 Å². The number of phenols is 1. The molecule has 0 unspecified atom stereocenters. The van der Waals surface area contributed by atoms with Crippen molar-refractivity contribution in [3.8, 4) is 5.75 Å². The largest absolute Gasteiger partial charge is 0.508 e. The molecule has 4 rings (SSSR count). The number of nitrogens with zero attached hydrogens (tertiary/aromatic N) is 1. The van der Waals surface area contributed by atoms with E-state index in [-0.39, 0.29) is 21.4 Å². The molecule has 0 aliphatic rings. The molecule has 0 aliphatic heterocycles. The standard InChI is InChI=1S/C20H12Cl2N2O2/c21-15-4-2-5-16(22)18(15)20(26)24-17-6-1-3-13-14-9-12(25)8-7-11(14)10-23-19(13)17/h1-10,25H,(H,24,26). The van der Waals surface area contributed by atoms with Gasteiger partial charge in [-0.3, -0.25) is 9.78 Å². The fourth-order valence-corrected chi connectivity index (χ4v) is 3.49. The summed E-state index contributed by atoms with van der Waals surface area (Å²) in [4.78, 5) is 17.1. The summed E-state index contributed by atoms with van der Waals surface area (Å²) in [6, 6.07) is 15.5. The van der Waals surface area contributed by atoms with Crippen LogP contribution in [0.4, 0.5) is 5.69 Å². The van der Waals surface area contributed by atoms with Gasteiger partial charge in [0.25, 0.3) is 5.91 Å². The third-order valence-corrected chi connectivity index (χ3v) is 4.76. The van der Waals surface area contributed by atoms with Gasteiger partial charge in [-0.05, 0) is 41.8 Å². The molecule has 0 saturated carbocycles. The predicted octanol–water partition coefficient (Wildman–Crippen LogP) is 5.65. The molecule has 2 N–H and O–H groups in total. The van der Waals surface area contributed by atoms with E-state index in [2.05, 4.69) is 10.3 Å². The summed E-state index contributed by atoms with van der Waals surface area (Å²) in [5.41, 5.74) is 1.36. The van der Waals surface area contributed by atoms with E-state index in [0.29, 0.717) is 11.2 Å². The van der Waals surface area contributed by atoms with Crippen molar-refractivity contribution in [3.63, 3.8) is 0 Å². The monoisotopic (exact) mass is 382 g/mol. The van der Waals surface area contributed by atoms with Crippen LogP contribution in [0.25, 0.3) is 21.7 Å². The number of carbonyl (C=O) groups excluding carboxylic acids is 1. The summed E-state index contributed by atoms with van der Waals surface area (Å²) in [5.74, 6) is -0.242. The normalized spacial score (nSPS) is 11.0. The molecule has 0 aliphatic carbocycles. The number of benzene rings is 3. The molecule has 3 aromatic carbocycles. The van der Waals surface area contributed by atoms with Crippen molar-refractivity contribution in [2.45, 2.75) is 0 Å². The van der Waals surface area contributed by atoms with Gasteiger partial charge in [0.2, 0.25) is 0 Å². The first-order valence-electron chi connectivity index (χ1n) is 7.80. The molecule has 6 heteroatoms. The molecule has 0 fully saturated rings. The maximum Gasteiger partial charge on any atom is 0.258 e. The molecule has 1 amide bonds. The summed E-state index contributed by atoms with van der Waals surface area (Å²) in [7, 11) is 0. The molecule has 4 aromatic rings. The number of rotatable bonds is 2. The smallest absolute Gasteiger partial charge is 0.258 e. The minimum Gasteiger partial charge on any atom is -0.508 e. The molecule has 4 nitrogen and oxygen atoms in total. The van der Waals surface area contributed by atoms with Crippen molar-refractivity contribution in [2.75, 3.05) is 5.32 Å². The second kappa shape index (κ2) is 6.48. The van der Waals surface area contributed by atoms with Gasteiger partial charge in [-0.2, -0.15) is 0 Å². The van der Waals surface area contributed by atoms with Crippen LogP contribution in [0.1, 0.15) is 10.4 Å². The lowest BCUT2D eigenvalue weighted by molar-refractivity contribution is 0.102. The van der Waals surface area contributed by atoms with Crippen molar-refractivity contribution < 1.29 is 9.90 Å². The summed E-state index contributed by atoms with van der Waals surface area (Å²) < 4.78 is 0. The first-order valence-corrected chi connectivity index (χ1v) is 8.56. The maximum absolute atomic E-state index is 12.7. The Morgan fingerprint density at radius 1 is 0.962 bits per heavy atom. The molecule has 0 atom stereocenters. The van der Waals surface area contributed by atoms with Gasteiger partial charge in [0, 0.05) is 17.0 Å². The van der Waals surface area contributed by atoms with Crippen molar-refractivity contribution >= 4 is 56.5 Å². The number of nitrogens with one attached hydrogen (secondary N) is 1. The third kappa shape index (κ3) is 2.83. The zero-order valence-electron chi connectivity index (χ0n) is 13.3. The SMILES string of the molecule is O=C(Nc1cccc2c1ncc1ccc(O)cc12)c1c(Cl)cccc1Cl. The van der Waals surface area contributed by atoms with E-state index in [4.69, 9.17) is 23.2 Å². The number of carbonyl (C=O) groups is 1. The zero-order chi connectivity index (χ0) is 18.3. The highest BCUT2D eigenvalue weighted by Gasteiger charge is 2.16. The number of aromatic hydroxyl groups is 1. The Balaban J connectivity index is 1.83. The van der Waals surface area contributed by atoms with Gasteiger partial charge in [-0.15, -0.1) is 0 Å². The Bertz CT molecular complexity index is 1150. The van der Waals surface area contributed by atoms with Crippen molar-refractivity contribution in [1.29, 1.82) is 0 Å². The van der Waals surface area contributed by atoms with Crippen LogP contribution in [0.5, 0.6) is 5.75 Å². The van der Waals surface area contributed by atoms with Gasteiger partial charge >= 0.3 is 0 Å². The van der Waals surface area contributed by atoms with Crippen LogP contribution in [-0.4, -0.2) is 16.0 Å². The van der Waals surface area contributed by atoms with Gasteiger partial charge in [-0.25, -0.2) is 0 Å². The van der Waals surface area contributed by atoms with E-state index in [1.165, 1.54) is 0 Å². The molecule has 128 valence electrons. The first-order chi connectivity index (χ1) is 12.5. The van der Waals surface area contributed by atoms with E-state index in [9.17, 15) is 9.90 Å². The summed E-state index contributed by atoms with van der Waals surface area (Å²) in [5, 5.41) is 15.7. The second-order valence-electron chi connectivity index (χ2n) is 5.78. The number of halogens is 2. The number of hydrogen-bond acceptors (Lipinski definition) is 3. The molecule has 0 spiro atoms. The van der Waals surface area contributed by atoms with E-state index >= 15 is 0 Å². The quantitative estimate of drug-likeness (QED) is 0.440. The van der Waals surface area contributed by atoms with Crippen LogP contribution >= 0.6 is 23.2 Å².